The average molecular weight is 244 g/mol. The molecular formula is C19H16. The Kier molecular flexibility index (Phi) is 3.74. The lowest BCUT2D eigenvalue weighted by molar-refractivity contribution is 1.15. The van der Waals surface area contributed by atoms with Crippen molar-refractivity contribution in [3.8, 4) is 24.7 Å². The molecule has 0 spiro atoms. The highest BCUT2D eigenvalue weighted by molar-refractivity contribution is 5.49. The van der Waals surface area contributed by atoms with E-state index in [-0.39, 0.29) is 0 Å². The van der Waals surface area contributed by atoms with Crippen LogP contribution in [0.25, 0.3) is 0 Å². The van der Waals surface area contributed by atoms with Gasteiger partial charge in [-0.3, -0.25) is 0 Å². The van der Waals surface area contributed by atoms with Crippen LogP contribution in [0.15, 0.2) is 36.4 Å². The van der Waals surface area contributed by atoms with Gasteiger partial charge in [-0.05, 0) is 43.5 Å². The van der Waals surface area contributed by atoms with Crippen LogP contribution in [0, 0.1) is 38.5 Å². The van der Waals surface area contributed by atoms with Gasteiger partial charge in [0.15, 0.2) is 0 Å². The molecule has 0 saturated heterocycles. The lowest BCUT2D eigenvalue weighted by Gasteiger charge is -2.09. The summed E-state index contributed by atoms with van der Waals surface area (Å²) in [6.45, 7) is 4.14. The Hall–Kier alpha value is -2.44. The highest BCUT2D eigenvalue weighted by Crippen LogP contribution is 2.19. The van der Waals surface area contributed by atoms with E-state index in [1.165, 1.54) is 11.1 Å². The van der Waals surface area contributed by atoms with E-state index in [1.807, 2.05) is 24.3 Å². The maximum absolute atomic E-state index is 5.56. The molecule has 0 radical (unpaired) electrons. The highest BCUT2D eigenvalue weighted by Gasteiger charge is 2.06. The van der Waals surface area contributed by atoms with Crippen molar-refractivity contribution in [1.29, 1.82) is 0 Å². The first-order valence-corrected chi connectivity index (χ1v) is 6.26. The van der Waals surface area contributed by atoms with E-state index in [0.717, 1.165) is 28.7 Å². The molecule has 0 bridgehead atoms. The fourth-order valence-electron chi connectivity index (χ4n) is 2.22. The van der Waals surface area contributed by atoms with E-state index in [4.69, 9.17) is 12.8 Å². The highest BCUT2D eigenvalue weighted by atomic mass is 14.1. The normalized spacial score (nSPS) is 9.68. The average Bonchev–Trinajstić information content (AvgIpc) is 2.39. The lowest BCUT2D eigenvalue weighted by atomic mass is 9.94. The van der Waals surface area contributed by atoms with E-state index in [0.29, 0.717) is 0 Å². The van der Waals surface area contributed by atoms with Gasteiger partial charge in [0.1, 0.15) is 0 Å². The molecule has 2 aromatic rings. The Morgan fingerprint density at radius 1 is 0.789 bits per heavy atom. The van der Waals surface area contributed by atoms with Gasteiger partial charge in [-0.2, -0.15) is 0 Å². The van der Waals surface area contributed by atoms with Crippen LogP contribution in [0.1, 0.15) is 33.4 Å². The zero-order chi connectivity index (χ0) is 13.8. The molecule has 0 amide bonds. The first-order chi connectivity index (χ1) is 9.13. The van der Waals surface area contributed by atoms with Crippen molar-refractivity contribution in [2.24, 2.45) is 0 Å². The van der Waals surface area contributed by atoms with Crippen LogP contribution in [-0.2, 0) is 6.42 Å². The fourth-order valence-corrected chi connectivity index (χ4v) is 2.22. The van der Waals surface area contributed by atoms with Gasteiger partial charge in [0.05, 0.1) is 0 Å². The minimum Gasteiger partial charge on any atom is -0.115 e. The minimum absolute atomic E-state index is 0.780. The van der Waals surface area contributed by atoms with Gasteiger partial charge in [0.25, 0.3) is 0 Å². The number of hydrogen-bond acceptors (Lipinski definition) is 0. The fraction of sp³-hybridized carbons (Fsp3) is 0.158. The monoisotopic (exact) mass is 244 g/mol. The van der Waals surface area contributed by atoms with E-state index >= 15 is 0 Å². The van der Waals surface area contributed by atoms with Gasteiger partial charge in [-0.1, -0.05) is 47.2 Å². The molecule has 92 valence electrons. The smallest absolute Gasteiger partial charge is 0.0278 e. The number of benzene rings is 2. The molecule has 2 aromatic carbocycles. The maximum Gasteiger partial charge on any atom is 0.0278 e. The molecule has 0 N–H and O–H groups in total. The Balaban J connectivity index is 2.48. The molecule has 0 nitrogen and oxygen atoms in total. The SMILES string of the molecule is C#Cc1ccc(C)cc1Cc1cc(C)ccc1C#C. The summed E-state index contributed by atoms with van der Waals surface area (Å²) >= 11 is 0. The first-order valence-electron chi connectivity index (χ1n) is 6.26. The van der Waals surface area contributed by atoms with Crippen molar-refractivity contribution in [3.05, 3.63) is 69.8 Å². The molecule has 0 heterocycles. The summed E-state index contributed by atoms with van der Waals surface area (Å²) in [6.07, 6.45) is 11.9. The van der Waals surface area contributed by atoms with Crippen molar-refractivity contribution >= 4 is 0 Å². The maximum atomic E-state index is 5.56. The second-order valence-corrected chi connectivity index (χ2v) is 4.79. The predicted octanol–water partition coefficient (Wildman–Crippen LogP) is 3.86. The number of terminal acetylenes is 2. The molecule has 0 unspecified atom stereocenters. The van der Waals surface area contributed by atoms with Crippen LogP contribution in [0.5, 0.6) is 0 Å². The van der Waals surface area contributed by atoms with Crippen LogP contribution in [-0.4, -0.2) is 0 Å². The molecule has 0 saturated carbocycles. The van der Waals surface area contributed by atoms with E-state index in [2.05, 4.69) is 37.8 Å². The molecule has 19 heavy (non-hydrogen) atoms. The van der Waals surface area contributed by atoms with Crippen LogP contribution in [0.3, 0.4) is 0 Å². The third kappa shape index (κ3) is 2.87. The van der Waals surface area contributed by atoms with Gasteiger partial charge in [-0.25, -0.2) is 0 Å². The standard InChI is InChI=1S/C19H16/c1-5-16-9-7-14(3)11-18(16)13-19-12-15(4)8-10-17(19)6-2/h1-2,7-12H,13H2,3-4H3. The molecule has 0 heteroatoms. The summed E-state index contributed by atoms with van der Waals surface area (Å²) in [6, 6.07) is 12.3. The van der Waals surface area contributed by atoms with Crippen LogP contribution < -0.4 is 0 Å². The Bertz CT molecular complexity index is 629. The van der Waals surface area contributed by atoms with Gasteiger partial charge in [0, 0.05) is 11.1 Å². The third-order valence-electron chi connectivity index (χ3n) is 3.21. The van der Waals surface area contributed by atoms with Gasteiger partial charge in [-0.15, -0.1) is 12.8 Å². The van der Waals surface area contributed by atoms with E-state index in [1.54, 1.807) is 0 Å². The molecule has 0 aromatic heterocycles. The van der Waals surface area contributed by atoms with Crippen molar-refractivity contribution in [3.63, 3.8) is 0 Å². The summed E-state index contributed by atoms with van der Waals surface area (Å²) < 4.78 is 0. The zero-order valence-electron chi connectivity index (χ0n) is 11.3. The Morgan fingerprint density at radius 2 is 1.21 bits per heavy atom. The van der Waals surface area contributed by atoms with Crippen LogP contribution >= 0.6 is 0 Å². The van der Waals surface area contributed by atoms with Crippen LogP contribution in [0.2, 0.25) is 0 Å². The Morgan fingerprint density at radius 3 is 1.58 bits per heavy atom. The quantitative estimate of drug-likeness (QED) is 0.704. The van der Waals surface area contributed by atoms with E-state index in [9.17, 15) is 0 Å². The molecule has 0 aliphatic heterocycles. The molecule has 0 aliphatic carbocycles. The molecule has 0 atom stereocenters. The van der Waals surface area contributed by atoms with Crippen molar-refractivity contribution in [2.75, 3.05) is 0 Å². The molecule has 0 fully saturated rings. The predicted molar refractivity (Wildman–Crippen MR) is 81.0 cm³/mol. The molecule has 2 rings (SSSR count). The Labute approximate surface area is 115 Å². The summed E-state index contributed by atoms with van der Waals surface area (Å²) in [5.74, 6) is 5.49. The number of rotatable bonds is 2. The first kappa shape index (κ1) is 13.0. The largest absolute Gasteiger partial charge is 0.115 e. The topological polar surface area (TPSA) is 0 Å². The van der Waals surface area contributed by atoms with Crippen molar-refractivity contribution in [2.45, 2.75) is 20.3 Å². The summed E-state index contributed by atoms with van der Waals surface area (Å²) in [5.41, 5.74) is 6.62. The number of aryl methyl sites for hydroxylation is 2. The number of hydrogen-bond donors (Lipinski definition) is 0. The van der Waals surface area contributed by atoms with Crippen molar-refractivity contribution in [1.82, 2.24) is 0 Å². The van der Waals surface area contributed by atoms with Crippen LogP contribution in [0.4, 0.5) is 0 Å². The van der Waals surface area contributed by atoms with Gasteiger partial charge >= 0.3 is 0 Å². The van der Waals surface area contributed by atoms with Crippen molar-refractivity contribution < 1.29 is 0 Å². The van der Waals surface area contributed by atoms with Gasteiger partial charge in [0.2, 0.25) is 0 Å². The molecule has 0 aliphatic rings. The summed E-state index contributed by atoms with van der Waals surface area (Å²) in [4.78, 5) is 0. The zero-order valence-corrected chi connectivity index (χ0v) is 11.3. The van der Waals surface area contributed by atoms with E-state index < -0.39 is 0 Å². The second kappa shape index (κ2) is 5.47. The minimum atomic E-state index is 0.780. The molecular weight excluding hydrogens is 228 g/mol. The van der Waals surface area contributed by atoms with Gasteiger partial charge < -0.3 is 0 Å². The summed E-state index contributed by atoms with van der Waals surface area (Å²) in [5, 5.41) is 0. The summed E-state index contributed by atoms with van der Waals surface area (Å²) in [7, 11) is 0. The lowest BCUT2D eigenvalue weighted by Crippen LogP contribution is -1.97. The third-order valence-corrected chi connectivity index (χ3v) is 3.21. The second-order valence-electron chi connectivity index (χ2n) is 4.79.